The highest BCUT2D eigenvalue weighted by Gasteiger charge is 2.27. The van der Waals surface area contributed by atoms with Crippen molar-refractivity contribution < 1.29 is 26.4 Å². The Kier molecular flexibility index (Phi) is 8.02. The van der Waals surface area contributed by atoms with E-state index in [0.717, 1.165) is 21.7 Å². The second kappa shape index (κ2) is 10.4. The van der Waals surface area contributed by atoms with Gasteiger partial charge in [-0.2, -0.15) is 4.31 Å². The Bertz CT molecular complexity index is 1240. The van der Waals surface area contributed by atoms with E-state index in [2.05, 4.69) is 5.32 Å². The van der Waals surface area contributed by atoms with E-state index in [1.165, 1.54) is 28.6 Å². The van der Waals surface area contributed by atoms with Crippen molar-refractivity contribution in [3.05, 3.63) is 53.6 Å². The normalized spacial score (nSPS) is 15.3. The number of anilines is 2. The van der Waals surface area contributed by atoms with Crippen LogP contribution in [0.3, 0.4) is 0 Å². The molecule has 0 atom stereocenters. The smallest absolute Gasteiger partial charge is 0.245 e. The molecule has 1 heterocycles. The van der Waals surface area contributed by atoms with Gasteiger partial charge in [0.15, 0.2) is 0 Å². The van der Waals surface area contributed by atoms with Crippen molar-refractivity contribution in [2.75, 3.05) is 48.7 Å². The van der Waals surface area contributed by atoms with Gasteiger partial charge in [-0.15, -0.1) is 0 Å². The molecule has 3 rings (SSSR count). The van der Waals surface area contributed by atoms with E-state index in [9.17, 15) is 21.6 Å². The molecule has 186 valence electrons. The monoisotopic (exact) mass is 509 g/mol. The third-order valence-corrected chi connectivity index (χ3v) is 8.66. The molecule has 2 aromatic rings. The molecule has 9 nitrogen and oxygen atoms in total. The highest BCUT2D eigenvalue weighted by atomic mass is 32.2. The van der Waals surface area contributed by atoms with Crippen LogP contribution in [-0.4, -0.2) is 66.2 Å². The van der Waals surface area contributed by atoms with Crippen molar-refractivity contribution in [3.63, 3.8) is 0 Å². The van der Waals surface area contributed by atoms with Crippen LogP contribution in [0.2, 0.25) is 0 Å². The van der Waals surface area contributed by atoms with Crippen LogP contribution in [0.25, 0.3) is 0 Å². The number of benzene rings is 2. The van der Waals surface area contributed by atoms with Gasteiger partial charge in [0.1, 0.15) is 6.54 Å². The van der Waals surface area contributed by atoms with E-state index in [1.54, 1.807) is 0 Å². The molecule has 1 saturated heterocycles. The van der Waals surface area contributed by atoms with E-state index in [-0.39, 0.29) is 29.6 Å². The summed E-state index contributed by atoms with van der Waals surface area (Å²) in [6.07, 6.45) is 1.01. The van der Waals surface area contributed by atoms with Gasteiger partial charge in [-0.1, -0.05) is 32.0 Å². The highest BCUT2D eigenvalue weighted by Crippen LogP contribution is 2.28. The minimum absolute atomic E-state index is 0.0533. The summed E-state index contributed by atoms with van der Waals surface area (Å²) >= 11 is 0. The summed E-state index contributed by atoms with van der Waals surface area (Å²) in [4.78, 5) is 12.9. The van der Waals surface area contributed by atoms with Crippen LogP contribution in [0.4, 0.5) is 11.4 Å². The summed E-state index contributed by atoms with van der Waals surface area (Å²) in [5.41, 5.74) is 2.70. The molecule has 0 saturated carbocycles. The van der Waals surface area contributed by atoms with Crippen LogP contribution in [0.1, 0.15) is 30.9 Å². The molecular formula is C23H31N3O6S2. The van der Waals surface area contributed by atoms with E-state index in [0.29, 0.717) is 18.9 Å². The summed E-state index contributed by atoms with van der Waals surface area (Å²) in [5.74, 6) is -0.325. The van der Waals surface area contributed by atoms with Crippen LogP contribution in [0.15, 0.2) is 47.4 Å². The third kappa shape index (κ3) is 5.96. The maximum absolute atomic E-state index is 12.9. The van der Waals surface area contributed by atoms with E-state index in [4.69, 9.17) is 4.74 Å². The summed E-state index contributed by atoms with van der Waals surface area (Å²) in [6, 6.07) is 11.2. The molecule has 1 aliphatic heterocycles. The van der Waals surface area contributed by atoms with E-state index >= 15 is 0 Å². The summed E-state index contributed by atoms with van der Waals surface area (Å²) in [7, 11) is -7.53. The molecule has 2 aromatic carbocycles. The first kappa shape index (κ1) is 26.1. The zero-order valence-corrected chi connectivity index (χ0v) is 21.4. The average molecular weight is 510 g/mol. The molecule has 1 amide bonds. The molecule has 1 aliphatic rings. The zero-order valence-electron chi connectivity index (χ0n) is 19.8. The fourth-order valence-corrected chi connectivity index (χ4v) is 6.04. The Morgan fingerprint density at radius 3 is 2.24 bits per heavy atom. The summed E-state index contributed by atoms with van der Waals surface area (Å²) in [6.45, 7) is 6.64. The number of ether oxygens (including phenoxy) is 1. The van der Waals surface area contributed by atoms with Gasteiger partial charge in [0.25, 0.3) is 0 Å². The Labute approximate surface area is 201 Å². The number of carbonyl (C=O) groups is 1. The van der Waals surface area contributed by atoms with Gasteiger partial charge in [0, 0.05) is 18.8 Å². The fourth-order valence-electron chi connectivity index (χ4n) is 3.77. The quantitative estimate of drug-likeness (QED) is 0.585. The van der Waals surface area contributed by atoms with Gasteiger partial charge in [0.05, 0.1) is 30.1 Å². The van der Waals surface area contributed by atoms with Crippen molar-refractivity contribution in [3.8, 4) is 0 Å². The number of para-hydroxylation sites is 1. The van der Waals surface area contributed by atoms with E-state index < -0.39 is 32.5 Å². The molecule has 0 bridgehead atoms. The zero-order chi connectivity index (χ0) is 25.1. The topological polar surface area (TPSA) is 113 Å². The van der Waals surface area contributed by atoms with Gasteiger partial charge in [0.2, 0.25) is 26.0 Å². The average Bonchev–Trinajstić information content (AvgIpc) is 2.78. The molecule has 11 heteroatoms. The number of nitrogens with one attached hydrogen (secondary N) is 1. The number of morpholine rings is 1. The van der Waals surface area contributed by atoms with Crippen molar-refractivity contribution >= 4 is 37.3 Å². The number of amides is 1. The van der Waals surface area contributed by atoms with Crippen molar-refractivity contribution in [2.45, 2.75) is 31.6 Å². The second-order valence-corrected chi connectivity index (χ2v) is 12.4. The minimum atomic E-state index is -3.81. The molecular weight excluding hydrogens is 478 g/mol. The first-order valence-corrected chi connectivity index (χ1v) is 14.2. The SMILES string of the molecule is Cc1cccc(C(C)C)c1NC(=O)CN(c1ccc(S(=O)(=O)N2CCOCC2)cc1)S(C)(=O)=O. The number of nitrogens with zero attached hydrogens (tertiary/aromatic N) is 2. The van der Waals surface area contributed by atoms with Crippen LogP contribution in [0, 0.1) is 6.92 Å². The first-order valence-electron chi connectivity index (χ1n) is 11.0. The van der Waals surface area contributed by atoms with Crippen LogP contribution in [-0.2, 0) is 29.6 Å². The molecule has 0 aromatic heterocycles. The summed E-state index contributed by atoms with van der Waals surface area (Å²) in [5, 5.41) is 2.85. The Balaban J connectivity index is 1.83. The van der Waals surface area contributed by atoms with Crippen LogP contribution >= 0.6 is 0 Å². The highest BCUT2D eigenvalue weighted by molar-refractivity contribution is 7.92. The first-order chi connectivity index (χ1) is 15.9. The maximum atomic E-state index is 12.9. The molecule has 0 radical (unpaired) electrons. The second-order valence-electron chi connectivity index (χ2n) is 8.52. The minimum Gasteiger partial charge on any atom is -0.379 e. The lowest BCUT2D eigenvalue weighted by atomic mass is 9.98. The standard InChI is InChI=1S/C23H31N3O6S2/c1-17(2)21-7-5-6-18(3)23(21)24-22(27)16-26(33(4,28)29)19-8-10-20(11-9-19)34(30,31)25-12-14-32-15-13-25/h5-11,17H,12-16H2,1-4H3,(H,24,27). The van der Waals surface area contributed by atoms with Gasteiger partial charge in [-0.3, -0.25) is 9.10 Å². The van der Waals surface area contributed by atoms with Crippen LogP contribution in [0.5, 0.6) is 0 Å². The molecule has 0 unspecified atom stereocenters. The van der Waals surface area contributed by atoms with Crippen molar-refractivity contribution in [1.29, 1.82) is 0 Å². The van der Waals surface area contributed by atoms with Gasteiger partial charge in [-0.05, 0) is 48.2 Å². The van der Waals surface area contributed by atoms with Crippen molar-refractivity contribution in [2.24, 2.45) is 0 Å². The van der Waals surface area contributed by atoms with Crippen LogP contribution < -0.4 is 9.62 Å². The lowest BCUT2D eigenvalue weighted by molar-refractivity contribution is -0.114. The van der Waals surface area contributed by atoms with Crippen molar-refractivity contribution in [1.82, 2.24) is 4.31 Å². The number of hydrogen-bond donors (Lipinski definition) is 1. The number of aryl methyl sites for hydroxylation is 1. The van der Waals surface area contributed by atoms with Gasteiger partial charge >= 0.3 is 0 Å². The third-order valence-electron chi connectivity index (χ3n) is 5.61. The number of sulfonamides is 2. The molecule has 1 N–H and O–H groups in total. The fraction of sp³-hybridized carbons (Fsp3) is 0.435. The Morgan fingerprint density at radius 2 is 1.68 bits per heavy atom. The molecule has 0 spiro atoms. The maximum Gasteiger partial charge on any atom is 0.245 e. The van der Waals surface area contributed by atoms with Gasteiger partial charge < -0.3 is 10.1 Å². The summed E-state index contributed by atoms with van der Waals surface area (Å²) < 4.78 is 58.2. The number of hydrogen-bond acceptors (Lipinski definition) is 6. The number of carbonyl (C=O) groups excluding carboxylic acids is 1. The Morgan fingerprint density at radius 1 is 1.06 bits per heavy atom. The predicted molar refractivity (Wildman–Crippen MR) is 132 cm³/mol. The predicted octanol–water partition coefficient (Wildman–Crippen LogP) is 2.54. The molecule has 34 heavy (non-hydrogen) atoms. The largest absolute Gasteiger partial charge is 0.379 e. The lowest BCUT2D eigenvalue weighted by Crippen LogP contribution is -2.40. The Hall–Kier alpha value is -2.47. The van der Waals surface area contributed by atoms with Gasteiger partial charge in [-0.25, -0.2) is 16.8 Å². The van der Waals surface area contributed by atoms with E-state index in [1.807, 2.05) is 39.0 Å². The molecule has 0 aliphatic carbocycles. The lowest BCUT2D eigenvalue weighted by Gasteiger charge is -2.26. The molecule has 1 fully saturated rings. The number of rotatable bonds is 8.